The quantitative estimate of drug-likeness (QED) is 0.0233. The van der Waals surface area contributed by atoms with Gasteiger partial charge in [0.15, 0.2) is 26.4 Å². The number of ether oxygens (including phenoxy) is 8. The number of benzene rings is 6. The summed E-state index contributed by atoms with van der Waals surface area (Å²) in [6.45, 7) is 6.49. The number of hydrogen-bond donors (Lipinski definition) is 4. The normalized spacial score (nSPS) is 18.5. The third kappa shape index (κ3) is 20.5. The van der Waals surface area contributed by atoms with Crippen molar-refractivity contribution in [3.63, 3.8) is 0 Å². The molecule has 4 N–H and O–H groups in total. The second-order valence-corrected chi connectivity index (χ2v) is 24.3. The van der Waals surface area contributed by atoms with Crippen LogP contribution in [0.2, 0.25) is 0 Å². The van der Waals surface area contributed by atoms with E-state index in [1.54, 1.807) is 64.1 Å². The molecule has 24 nitrogen and oxygen atoms in total. The monoisotopic (exact) mass is 1340 g/mol. The van der Waals surface area contributed by atoms with Crippen LogP contribution in [0.15, 0.2) is 121 Å². The first-order chi connectivity index (χ1) is 46.3. The number of para-hydroxylation sites is 2. The Morgan fingerprint density at radius 3 is 1.00 bits per heavy atom. The van der Waals surface area contributed by atoms with Gasteiger partial charge >= 0.3 is 31.7 Å². The van der Waals surface area contributed by atoms with Crippen LogP contribution in [0.1, 0.15) is 118 Å². The summed E-state index contributed by atoms with van der Waals surface area (Å²) in [5.74, 6) is -5.04. The van der Waals surface area contributed by atoms with Crippen LogP contribution in [-0.4, -0.2) is 145 Å². The van der Waals surface area contributed by atoms with Crippen molar-refractivity contribution in [3.05, 3.63) is 188 Å². The number of amides is 4. The molecule has 0 saturated heterocycles. The molecular formula is C71H81N4O20P. The minimum absolute atomic E-state index is 0.0234. The highest BCUT2D eigenvalue weighted by molar-refractivity contribution is 7.48. The number of rotatable bonds is 21. The lowest BCUT2D eigenvalue weighted by atomic mass is 9.89. The highest BCUT2D eigenvalue weighted by atomic mass is 31.2. The van der Waals surface area contributed by atoms with Gasteiger partial charge in [-0.25, -0.2) is 23.7 Å². The molecule has 0 saturated carbocycles. The zero-order chi connectivity index (χ0) is 68.7. The minimum atomic E-state index is -4.48. The molecular weight excluding hydrogens is 1260 g/mol. The Kier molecular flexibility index (Phi) is 26.5. The number of carbonyl (C=O) groups is 8. The molecule has 0 fully saturated rings. The van der Waals surface area contributed by atoms with Crippen molar-refractivity contribution in [1.82, 2.24) is 21.3 Å². The van der Waals surface area contributed by atoms with Gasteiger partial charge in [0.05, 0.1) is 51.7 Å². The Morgan fingerprint density at radius 2 is 0.719 bits per heavy atom. The van der Waals surface area contributed by atoms with Gasteiger partial charge < -0.3 is 59.2 Å². The zero-order valence-electron chi connectivity index (χ0n) is 54.8. The van der Waals surface area contributed by atoms with E-state index < -0.39 is 119 Å². The fourth-order valence-corrected chi connectivity index (χ4v) is 12.0. The van der Waals surface area contributed by atoms with Gasteiger partial charge in [-0.05, 0) is 134 Å². The van der Waals surface area contributed by atoms with Crippen LogP contribution in [-0.2, 0) is 104 Å². The lowest BCUT2D eigenvalue weighted by Gasteiger charge is -2.26. The predicted molar refractivity (Wildman–Crippen MR) is 350 cm³/mol. The predicted octanol–water partition coefficient (Wildman–Crippen LogP) is 7.62. The molecule has 6 aromatic carbocycles. The summed E-state index contributed by atoms with van der Waals surface area (Å²) in [5.41, 5.74) is 4.45. The van der Waals surface area contributed by atoms with Gasteiger partial charge in [-0.3, -0.25) is 32.7 Å². The van der Waals surface area contributed by atoms with Crippen molar-refractivity contribution in [3.8, 4) is 23.0 Å². The first kappa shape index (κ1) is 72.2. The standard InChI is InChI=1S/C71H81N4O20P/c1-8-86-60(76)40-90-64-48-24-18-25-49(64)31-53-35-57-37-55(67(53)93-43-63(79)89-11-4)33-51-27-19-26-50(65(51)91-41-61(77)87-9-2)32-54-36-56(34-52(30-48)66(54)92-42-62(78)88-10-3)70(82)72-44(5)68(80)74-58(28-46-20-14-12-15-21-46)38-94-96(84,85-7)95-39-59(29-47-22-16-13-17-23-47)75-69(81)45(6)73-71(57)83/h12-27,34-37,44-45,58-59H,8-11,28-33,38-43H2,1-7H3,(H,72,82)(H,73,83)(H,74,80)(H,75,81)/t44-,45-,58-,59-/m0/s1. The molecule has 2 heterocycles. The number of phosphoric ester groups is 1. The number of esters is 4. The molecule has 10 bridgehead atoms. The van der Waals surface area contributed by atoms with E-state index in [4.69, 9.17) is 51.5 Å². The lowest BCUT2D eigenvalue weighted by Crippen LogP contribution is -2.50. The fraction of sp³-hybridized carbons (Fsp3) is 0.380. The number of carbonyl (C=O) groups excluding carboxylic acids is 8. The van der Waals surface area contributed by atoms with Crippen LogP contribution in [0, 0.1) is 0 Å². The van der Waals surface area contributed by atoms with Crippen LogP contribution in [0.4, 0.5) is 0 Å². The molecule has 4 atom stereocenters. The summed E-state index contributed by atoms with van der Waals surface area (Å²) >= 11 is 0. The van der Waals surface area contributed by atoms with Gasteiger partial charge in [-0.2, -0.15) is 0 Å². The fourth-order valence-electron chi connectivity index (χ4n) is 11.0. The third-order valence-corrected chi connectivity index (χ3v) is 16.7. The Hall–Kier alpha value is -9.61. The smallest absolute Gasteiger partial charge is 0.474 e. The molecule has 0 unspecified atom stereocenters. The Bertz CT molecular complexity index is 3460. The molecule has 0 radical (unpaired) electrons. The van der Waals surface area contributed by atoms with Crippen molar-refractivity contribution in [2.24, 2.45) is 0 Å². The largest absolute Gasteiger partial charge is 0.481 e. The van der Waals surface area contributed by atoms with Crippen molar-refractivity contribution < 1.29 is 94.4 Å². The maximum absolute atomic E-state index is 15.1. The summed E-state index contributed by atoms with van der Waals surface area (Å²) in [4.78, 5) is 112. The van der Waals surface area contributed by atoms with Gasteiger partial charge in [0.1, 0.15) is 35.1 Å². The first-order valence-electron chi connectivity index (χ1n) is 31.7. The van der Waals surface area contributed by atoms with Gasteiger partial charge in [-0.15, -0.1) is 0 Å². The molecule has 25 heteroatoms. The van der Waals surface area contributed by atoms with Crippen LogP contribution in [0.3, 0.4) is 0 Å². The average Bonchev–Trinajstić information content (AvgIpc) is 0.781. The molecule has 96 heavy (non-hydrogen) atoms. The molecule has 510 valence electrons. The number of hydrogen-bond acceptors (Lipinski definition) is 20. The molecule has 1 aliphatic carbocycles. The second kappa shape index (κ2) is 35.2. The van der Waals surface area contributed by atoms with Crippen LogP contribution in [0.25, 0.3) is 0 Å². The topological polar surface area (TPSA) is 303 Å². The van der Waals surface area contributed by atoms with Crippen molar-refractivity contribution in [2.75, 3.05) is 73.2 Å². The van der Waals surface area contributed by atoms with Gasteiger partial charge in [0.2, 0.25) is 11.8 Å². The molecule has 4 amide bonds. The molecule has 9 rings (SSSR count). The number of fused-ring (bicyclic) bond motifs is 16. The molecule has 0 spiro atoms. The summed E-state index contributed by atoms with van der Waals surface area (Å²) in [6, 6.07) is 30.4. The van der Waals surface area contributed by atoms with Gasteiger partial charge in [0, 0.05) is 43.9 Å². The van der Waals surface area contributed by atoms with E-state index in [2.05, 4.69) is 21.3 Å². The van der Waals surface area contributed by atoms with E-state index in [-0.39, 0.29) is 99.1 Å². The average molecular weight is 1340 g/mol. The first-order valence-corrected chi connectivity index (χ1v) is 33.2. The van der Waals surface area contributed by atoms with Crippen LogP contribution >= 0.6 is 7.82 Å². The Balaban J connectivity index is 1.38. The summed E-state index contributed by atoms with van der Waals surface area (Å²) in [6.07, 6.45) is -0.233. The summed E-state index contributed by atoms with van der Waals surface area (Å²) in [7, 11) is -3.35. The van der Waals surface area contributed by atoms with Crippen molar-refractivity contribution in [2.45, 2.75) is 104 Å². The second-order valence-electron chi connectivity index (χ2n) is 22.5. The van der Waals surface area contributed by atoms with E-state index >= 15 is 9.59 Å². The number of phosphoric acid groups is 1. The van der Waals surface area contributed by atoms with E-state index in [1.165, 1.54) is 38.1 Å². The summed E-state index contributed by atoms with van der Waals surface area (Å²) in [5, 5.41) is 11.5. The molecule has 0 aromatic heterocycles. The van der Waals surface area contributed by atoms with E-state index in [1.807, 2.05) is 60.7 Å². The Labute approximate surface area is 557 Å². The highest BCUT2D eigenvalue weighted by Gasteiger charge is 2.33. The SMILES string of the molecule is CCOC(=O)COc1c2cccc1Cc1cc3cc(c1OCC(=O)OCC)Cc1cccc(c1OCC(=O)OCC)Cc1cc(cc(c1OCC(=O)OCC)C2)C(=O)N[C@@H](C)C(=O)N[C@@H](Cc1ccccc1)COP(=O)(OC)OC[C@H](Cc1ccccc1)NC(=O)[C@H](C)NC3=O. The zero-order valence-corrected chi connectivity index (χ0v) is 55.7. The highest BCUT2D eigenvalue weighted by Crippen LogP contribution is 2.49. The van der Waals surface area contributed by atoms with Crippen LogP contribution < -0.4 is 40.2 Å². The number of nitrogens with one attached hydrogen (secondary N) is 4. The lowest BCUT2D eigenvalue weighted by molar-refractivity contribution is -0.146. The molecule has 6 aromatic rings. The summed E-state index contributed by atoms with van der Waals surface area (Å²) < 4.78 is 79.0. The van der Waals surface area contributed by atoms with Crippen molar-refractivity contribution in [1.29, 1.82) is 0 Å². The van der Waals surface area contributed by atoms with Crippen LogP contribution in [0.5, 0.6) is 23.0 Å². The Morgan fingerprint density at radius 1 is 0.427 bits per heavy atom. The van der Waals surface area contributed by atoms with Crippen molar-refractivity contribution >= 4 is 55.3 Å². The van der Waals surface area contributed by atoms with Gasteiger partial charge in [-0.1, -0.05) is 97.1 Å². The van der Waals surface area contributed by atoms with E-state index in [9.17, 15) is 33.3 Å². The third-order valence-electron chi connectivity index (χ3n) is 15.4. The van der Waals surface area contributed by atoms with E-state index in [0.717, 1.165) is 18.2 Å². The molecule has 3 aliphatic rings. The maximum Gasteiger partial charge on any atom is 0.474 e. The minimum Gasteiger partial charge on any atom is -0.481 e. The van der Waals surface area contributed by atoms with Gasteiger partial charge in [0.25, 0.3) is 11.8 Å². The maximum atomic E-state index is 15.1. The molecule has 2 aliphatic heterocycles. The van der Waals surface area contributed by atoms with E-state index in [0.29, 0.717) is 44.5 Å².